The molecule has 1 fully saturated rings. The van der Waals surface area contributed by atoms with Gasteiger partial charge in [0.15, 0.2) is 6.29 Å². The van der Waals surface area contributed by atoms with Gasteiger partial charge in [0.25, 0.3) is 0 Å². The molecular weight excluding hydrogens is 491 g/mol. The van der Waals surface area contributed by atoms with Crippen LogP contribution in [0.1, 0.15) is 33.6 Å². The minimum absolute atomic E-state index is 0.0874. The molecular formula is C29H23FN2O4S. The van der Waals surface area contributed by atoms with Crippen molar-refractivity contribution in [2.45, 2.75) is 17.4 Å². The Balaban J connectivity index is 1.36. The number of aromatic nitrogens is 1. The van der Waals surface area contributed by atoms with Crippen molar-refractivity contribution < 1.29 is 24.2 Å². The van der Waals surface area contributed by atoms with Crippen LogP contribution in [0.4, 0.5) is 10.1 Å². The summed E-state index contributed by atoms with van der Waals surface area (Å²) in [6, 6.07) is 23.0. The summed E-state index contributed by atoms with van der Waals surface area (Å²) in [6.45, 7) is 0. The van der Waals surface area contributed by atoms with E-state index in [0.29, 0.717) is 22.5 Å². The van der Waals surface area contributed by atoms with E-state index in [9.17, 15) is 24.2 Å². The Morgan fingerprint density at radius 1 is 0.973 bits per heavy atom. The molecule has 3 aromatic carbocycles. The molecule has 0 spiro atoms. The quantitative estimate of drug-likeness (QED) is 0.244. The second-order valence-electron chi connectivity index (χ2n) is 8.71. The molecule has 6 nitrogen and oxygen atoms in total. The Kier molecular flexibility index (Phi) is 7.03. The second kappa shape index (κ2) is 10.5. The summed E-state index contributed by atoms with van der Waals surface area (Å²) in [5.41, 5.74) is 4.23. The number of β-lactam (4-membered cyclic amide) rings is 1. The molecule has 1 amide bonds. The molecule has 0 radical (unpaired) electrons. The Morgan fingerprint density at radius 2 is 1.68 bits per heavy atom. The van der Waals surface area contributed by atoms with Gasteiger partial charge in [0.2, 0.25) is 5.91 Å². The molecule has 4 aromatic rings. The lowest BCUT2D eigenvalue weighted by molar-refractivity contribution is -0.123. The van der Waals surface area contributed by atoms with Gasteiger partial charge in [-0.05, 0) is 59.7 Å². The Labute approximate surface area is 217 Å². The van der Waals surface area contributed by atoms with Crippen molar-refractivity contribution in [3.05, 3.63) is 114 Å². The Bertz CT molecular complexity index is 1390. The van der Waals surface area contributed by atoms with Crippen molar-refractivity contribution in [1.29, 1.82) is 0 Å². The summed E-state index contributed by atoms with van der Waals surface area (Å²) >= 11 is 1.35. The molecule has 1 aromatic heterocycles. The molecule has 0 aliphatic carbocycles. The number of benzene rings is 3. The Hall–Kier alpha value is -4.01. The monoisotopic (exact) mass is 514 g/mol. The third kappa shape index (κ3) is 5.12. The number of hydrogen-bond acceptors (Lipinski definition) is 6. The van der Waals surface area contributed by atoms with E-state index in [1.54, 1.807) is 41.3 Å². The summed E-state index contributed by atoms with van der Waals surface area (Å²) < 4.78 is 13.2. The van der Waals surface area contributed by atoms with Crippen LogP contribution in [0.5, 0.6) is 5.75 Å². The number of aromatic hydroxyl groups is 1. The third-order valence-electron chi connectivity index (χ3n) is 6.33. The number of amides is 1. The van der Waals surface area contributed by atoms with Gasteiger partial charge in [-0.1, -0.05) is 36.4 Å². The van der Waals surface area contributed by atoms with Crippen LogP contribution in [-0.2, 0) is 4.79 Å². The van der Waals surface area contributed by atoms with Crippen LogP contribution in [0.15, 0.2) is 91.1 Å². The first-order chi connectivity index (χ1) is 17.9. The minimum Gasteiger partial charge on any atom is -0.508 e. The molecule has 5 rings (SSSR count). The lowest BCUT2D eigenvalue weighted by Gasteiger charge is -2.47. The number of aldehydes is 1. The van der Waals surface area contributed by atoms with Gasteiger partial charge in [0, 0.05) is 28.8 Å². The molecule has 2 N–H and O–H groups in total. The molecule has 2 heterocycles. The van der Waals surface area contributed by atoms with Crippen LogP contribution < -0.4 is 4.90 Å². The smallest absolute Gasteiger partial charge is 0.243 e. The highest BCUT2D eigenvalue weighted by molar-refractivity contribution is 8.00. The maximum absolute atomic E-state index is 13.3. The number of nitrogens with zero attached hydrogens (tertiary/aromatic N) is 2. The molecule has 8 heteroatoms. The average Bonchev–Trinajstić information content (AvgIpc) is 2.93. The van der Waals surface area contributed by atoms with E-state index < -0.39 is 11.4 Å². The van der Waals surface area contributed by atoms with Crippen molar-refractivity contribution in [1.82, 2.24) is 4.98 Å². The number of carbonyl (C=O) groups is 2. The van der Waals surface area contributed by atoms with E-state index in [-0.39, 0.29) is 29.3 Å². The predicted octanol–water partition coefficient (Wildman–Crippen LogP) is 5.33. The molecule has 1 aliphatic rings. The molecule has 3 atom stereocenters. The number of carbonyl (C=O) groups excluding carboxylic acids is 2. The van der Waals surface area contributed by atoms with Gasteiger partial charge in [-0.2, -0.15) is 0 Å². The van der Waals surface area contributed by atoms with Crippen LogP contribution in [0.25, 0.3) is 11.3 Å². The van der Waals surface area contributed by atoms with Crippen LogP contribution in [0.2, 0.25) is 0 Å². The summed E-state index contributed by atoms with van der Waals surface area (Å²) in [7, 11) is 0. The number of phenols is 1. The number of pyridine rings is 1. The van der Waals surface area contributed by atoms with E-state index in [1.165, 1.54) is 42.2 Å². The van der Waals surface area contributed by atoms with Crippen molar-refractivity contribution in [2.24, 2.45) is 0 Å². The molecule has 37 heavy (non-hydrogen) atoms. The van der Waals surface area contributed by atoms with E-state index >= 15 is 0 Å². The minimum atomic E-state index is -0.842. The van der Waals surface area contributed by atoms with Crippen molar-refractivity contribution in [3.63, 3.8) is 0 Å². The lowest BCUT2D eigenvalue weighted by atomic mass is 9.92. The zero-order valence-electron chi connectivity index (χ0n) is 19.6. The van der Waals surface area contributed by atoms with Crippen molar-refractivity contribution in [3.8, 4) is 17.0 Å². The van der Waals surface area contributed by atoms with Crippen LogP contribution in [0.3, 0.4) is 0 Å². The maximum Gasteiger partial charge on any atom is 0.243 e. The average molecular weight is 515 g/mol. The van der Waals surface area contributed by atoms with E-state index in [1.807, 2.05) is 24.3 Å². The summed E-state index contributed by atoms with van der Waals surface area (Å²) in [6.07, 6.45) is 1.41. The number of thioether (sulfide) groups is 1. The summed E-state index contributed by atoms with van der Waals surface area (Å²) in [4.78, 5) is 30.2. The van der Waals surface area contributed by atoms with Crippen molar-refractivity contribution in [2.75, 3.05) is 10.7 Å². The van der Waals surface area contributed by atoms with E-state index in [2.05, 4.69) is 4.98 Å². The first kappa shape index (κ1) is 24.7. The zero-order chi connectivity index (χ0) is 25.9. The van der Waals surface area contributed by atoms with Gasteiger partial charge < -0.3 is 15.1 Å². The highest BCUT2D eigenvalue weighted by atomic mass is 32.2. The number of rotatable bonds is 8. The molecule has 1 aliphatic heterocycles. The molecule has 1 saturated heterocycles. The molecule has 0 bridgehead atoms. The fourth-order valence-electron chi connectivity index (χ4n) is 4.32. The van der Waals surface area contributed by atoms with E-state index in [4.69, 9.17) is 0 Å². The number of aliphatic hydroxyl groups is 1. The molecule has 186 valence electrons. The van der Waals surface area contributed by atoms with Crippen molar-refractivity contribution >= 4 is 29.6 Å². The van der Waals surface area contributed by atoms with Gasteiger partial charge >= 0.3 is 0 Å². The molecule has 0 saturated carbocycles. The topological polar surface area (TPSA) is 90.7 Å². The second-order valence-corrected chi connectivity index (χ2v) is 9.88. The van der Waals surface area contributed by atoms with Gasteiger partial charge in [0.1, 0.15) is 16.8 Å². The van der Waals surface area contributed by atoms with Crippen LogP contribution >= 0.6 is 11.8 Å². The number of phenolic OH excluding ortho intramolecular Hbond substituents is 1. The number of hydrogen-bond donors (Lipinski definition) is 2. The van der Waals surface area contributed by atoms with Gasteiger partial charge in [-0.3, -0.25) is 14.6 Å². The normalized spacial score (nSPS) is 17.8. The number of aliphatic hydroxyl groups excluding tert-OH is 1. The van der Waals surface area contributed by atoms with Gasteiger partial charge in [-0.15, -0.1) is 11.8 Å². The molecule has 0 unspecified atom stereocenters. The summed E-state index contributed by atoms with van der Waals surface area (Å²) in [5.74, 6) is -0.0585. The SMILES string of the molecule is O=Cc1ccc(-c2ccc(N3C(=O)[C@H](SC[C@@H](O)c4ccc(F)cc4)[C@H]3c3ccc(O)cc3)cc2)nc1. The van der Waals surface area contributed by atoms with E-state index in [0.717, 1.165) is 17.4 Å². The largest absolute Gasteiger partial charge is 0.508 e. The highest BCUT2D eigenvalue weighted by Gasteiger charge is 2.49. The number of halogens is 1. The van der Waals surface area contributed by atoms with Gasteiger partial charge in [-0.25, -0.2) is 4.39 Å². The van der Waals surface area contributed by atoms with Crippen LogP contribution in [-0.4, -0.2) is 38.4 Å². The Morgan fingerprint density at radius 3 is 2.30 bits per heavy atom. The lowest BCUT2D eigenvalue weighted by Crippen LogP contribution is -2.57. The third-order valence-corrected chi connectivity index (χ3v) is 7.66. The standard InChI is InChI=1S/C29H23FN2O4S/c30-22-8-2-20(3-9-22)26(35)17-37-28-27(21-6-12-24(34)13-7-21)32(29(28)36)23-10-4-19(5-11-23)25-14-1-18(16-33)15-31-25/h1-16,26-28,34-35H,17H2/t26-,27-,28-/m1/s1. The zero-order valence-corrected chi connectivity index (χ0v) is 20.4. The predicted molar refractivity (Wildman–Crippen MR) is 141 cm³/mol. The highest BCUT2D eigenvalue weighted by Crippen LogP contribution is 2.46. The summed E-state index contributed by atoms with van der Waals surface area (Å²) in [5, 5.41) is 19.9. The fourth-order valence-corrected chi connectivity index (χ4v) is 5.62. The first-order valence-corrected chi connectivity index (χ1v) is 12.7. The van der Waals surface area contributed by atoms with Gasteiger partial charge in [0.05, 0.1) is 17.8 Å². The van der Waals surface area contributed by atoms with Crippen LogP contribution in [0, 0.1) is 5.82 Å². The number of anilines is 1. The first-order valence-electron chi connectivity index (χ1n) is 11.6. The maximum atomic E-state index is 13.3. The fraction of sp³-hybridized carbons (Fsp3) is 0.138.